The third kappa shape index (κ3) is 4.66. The second kappa shape index (κ2) is 7.65. The Bertz CT molecular complexity index is 474. The van der Waals surface area contributed by atoms with Crippen LogP contribution in [-0.4, -0.2) is 36.1 Å². The van der Waals surface area contributed by atoms with Gasteiger partial charge in [-0.05, 0) is 31.4 Å². The van der Waals surface area contributed by atoms with Crippen LogP contribution < -0.4 is 10.6 Å². The number of hydrogen-bond donors (Lipinski definition) is 3. The van der Waals surface area contributed by atoms with Crippen LogP contribution in [0.25, 0.3) is 0 Å². The van der Waals surface area contributed by atoms with E-state index in [4.69, 9.17) is 5.11 Å². The van der Waals surface area contributed by atoms with Gasteiger partial charge in [-0.15, -0.1) is 0 Å². The zero-order valence-corrected chi connectivity index (χ0v) is 12.1. The summed E-state index contributed by atoms with van der Waals surface area (Å²) in [5, 5.41) is 14.3. The van der Waals surface area contributed by atoms with Crippen molar-refractivity contribution in [1.29, 1.82) is 0 Å². The Morgan fingerprint density at radius 3 is 2.50 bits per heavy atom. The highest BCUT2D eigenvalue weighted by Gasteiger charge is 2.15. The fourth-order valence-corrected chi connectivity index (χ4v) is 1.69. The summed E-state index contributed by atoms with van der Waals surface area (Å²) < 4.78 is 0. The number of aliphatic hydroxyl groups is 1. The van der Waals surface area contributed by atoms with Crippen LogP contribution in [-0.2, 0) is 4.79 Å². The van der Waals surface area contributed by atoms with Crippen molar-refractivity contribution in [2.75, 3.05) is 13.2 Å². The Morgan fingerprint density at radius 2 is 1.90 bits per heavy atom. The number of hydrogen-bond acceptors (Lipinski definition) is 3. The molecule has 0 saturated heterocycles. The standard InChI is InChI=1S/C15H22N2O3/c1-10-6-4-5-7-13(10)15(20)16-8-14(19)17-12(3)11(2)9-18/h4-7,11-12,18H,8-9H2,1-3H3,(H,16,20)(H,17,19). The number of carbonyl (C=O) groups excluding carboxylic acids is 2. The van der Waals surface area contributed by atoms with Gasteiger partial charge >= 0.3 is 0 Å². The second-order valence-corrected chi connectivity index (χ2v) is 5.01. The highest BCUT2D eigenvalue weighted by molar-refractivity contribution is 5.97. The van der Waals surface area contributed by atoms with Crippen LogP contribution in [0.1, 0.15) is 29.8 Å². The molecule has 0 aliphatic heterocycles. The third-order valence-electron chi connectivity index (χ3n) is 3.33. The van der Waals surface area contributed by atoms with Crippen molar-refractivity contribution in [2.24, 2.45) is 5.92 Å². The summed E-state index contributed by atoms with van der Waals surface area (Å²) in [6.07, 6.45) is 0. The van der Waals surface area contributed by atoms with Crippen LogP contribution in [0.3, 0.4) is 0 Å². The number of benzene rings is 1. The molecule has 0 radical (unpaired) electrons. The topological polar surface area (TPSA) is 78.4 Å². The van der Waals surface area contributed by atoms with E-state index in [2.05, 4.69) is 10.6 Å². The predicted molar refractivity (Wildman–Crippen MR) is 77.4 cm³/mol. The number of carbonyl (C=O) groups is 2. The lowest BCUT2D eigenvalue weighted by molar-refractivity contribution is -0.121. The van der Waals surface area contributed by atoms with Gasteiger partial charge in [-0.3, -0.25) is 9.59 Å². The van der Waals surface area contributed by atoms with Gasteiger partial charge in [-0.2, -0.15) is 0 Å². The first-order valence-electron chi connectivity index (χ1n) is 6.69. The maximum absolute atomic E-state index is 11.9. The van der Waals surface area contributed by atoms with E-state index in [-0.39, 0.29) is 36.9 Å². The van der Waals surface area contributed by atoms with E-state index in [1.165, 1.54) is 0 Å². The van der Waals surface area contributed by atoms with Gasteiger partial charge in [0.2, 0.25) is 5.91 Å². The first-order valence-corrected chi connectivity index (χ1v) is 6.69. The van der Waals surface area contributed by atoms with Crippen molar-refractivity contribution in [3.05, 3.63) is 35.4 Å². The third-order valence-corrected chi connectivity index (χ3v) is 3.33. The van der Waals surface area contributed by atoms with Gasteiger partial charge in [0.1, 0.15) is 0 Å². The van der Waals surface area contributed by atoms with E-state index in [1.807, 2.05) is 32.9 Å². The summed E-state index contributed by atoms with van der Waals surface area (Å²) in [4.78, 5) is 23.6. The molecule has 20 heavy (non-hydrogen) atoms. The Labute approximate surface area is 119 Å². The predicted octanol–water partition coefficient (Wildman–Crippen LogP) is 0.858. The van der Waals surface area contributed by atoms with Crippen LogP contribution in [0, 0.1) is 12.8 Å². The van der Waals surface area contributed by atoms with Gasteiger partial charge in [-0.25, -0.2) is 0 Å². The molecular weight excluding hydrogens is 256 g/mol. The van der Waals surface area contributed by atoms with E-state index in [0.717, 1.165) is 5.56 Å². The van der Waals surface area contributed by atoms with E-state index in [0.29, 0.717) is 5.56 Å². The molecule has 3 N–H and O–H groups in total. The van der Waals surface area contributed by atoms with Crippen LogP contribution in [0.5, 0.6) is 0 Å². The van der Waals surface area contributed by atoms with Crippen molar-refractivity contribution in [1.82, 2.24) is 10.6 Å². The molecule has 0 bridgehead atoms. The minimum atomic E-state index is -0.264. The number of aliphatic hydroxyl groups excluding tert-OH is 1. The molecule has 0 aliphatic rings. The van der Waals surface area contributed by atoms with Crippen molar-refractivity contribution in [3.8, 4) is 0 Å². The molecule has 0 aliphatic carbocycles. The number of rotatable bonds is 6. The largest absolute Gasteiger partial charge is 0.396 e. The van der Waals surface area contributed by atoms with E-state index < -0.39 is 0 Å². The number of nitrogens with one attached hydrogen (secondary N) is 2. The van der Waals surface area contributed by atoms with Gasteiger partial charge in [0.15, 0.2) is 0 Å². The van der Waals surface area contributed by atoms with Crippen molar-refractivity contribution in [2.45, 2.75) is 26.8 Å². The van der Waals surface area contributed by atoms with Crippen LogP contribution in [0.2, 0.25) is 0 Å². The normalized spacial score (nSPS) is 13.4. The molecule has 0 aromatic heterocycles. The lowest BCUT2D eigenvalue weighted by Crippen LogP contribution is -2.44. The average Bonchev–Trinajstić information content (AvgIpc) is 2.44. The number of aryl methyl sites for hydroxylation is 1. The molecular formula is C15H22N2O3. The molecule has 0 fully saturated rings. The lowest BCUT2D eigenvalue weighted by atomic mass is 10.1. The molecule has 5 heteroatoms. The average molecular weight is 278 g/mol. The Kier molecular flexibility index (Phi) is 6.18. The maximum atomic E-state index is 11.9. The molecule has 1 rings (SSSR count). The van der Waals surface area contributed by atoms with Gasteiger partial charge in [-0.1, -0.05) is 25.1 Å². The molecule has 5 nitrogen and oxygen atoms in total. The molecule has 110 valence electrons. The van der Waals surface area contributed by atoms with Gasteiger partial charge < -0.3 is 15.7 Å². The lowest BCUT2D eigenvalue weighted by Gasteiger charge is -2.19. The summed E-state index contributed by atoms with van der Waals surface area (Å²) >= 11 is 0. The summed E-state index contributed by atoms with van der Waals surface area (Å²) in [5.74, 6) is -0.549. The fraction of sp³-hybridized carbons (Fsp3) is 0.467. The van der Waals surface area contributed by atoms with Crippen molar-refractivity contribution >= 4 is 11.8 Å². The Morgan fingerprint density at radius 1 is 1.25 bits per heavy atom. The molecule has 1 aromatic rings. The van der Waals surface area contributed by atoms with Crippen LogP contribution in [0.15, 0.2) is 24.3 Å². The van der Waals surface area contributed by atoms with Gasteiger partial charge in [0.05, 0.1) is 6.54 Å². The van der Waals surface area contributed by atoms with Gasteiger partial charge in [0.25, 0.3) is 5.91 Å². The minimum absolute atomic E-state index is 0.0109. The molecule has 0 saturated carbocycles. The zero-order valence-electron chi connectivity index (χ0n) is 12.1. The number of amides is 2. The molecule has 2 atom stereocenters. The molecule has 0 spiro atoms. The highest BCUT2D eigenvalue weighted by atomic mass is 16.3. The first kappa shape index (κ1) is 16.2. The second-order valence-electron chi connectivity index (χ2n) is 5.01. The summed E-state index contributed by atoms with van der Waals surface area (Å²) in [7, 11) is 0. The molecule has 2 amide bonds. The highest BCUT2D eigenvalue weighted by Crippen LogP contribution is 2.06. The molecule has 2 unspecified atom stereocenters. The Hall–Kier alpha value is -1.88. The maximum Gasteiger partial charge on any atom is 0.251 e. The monoisotopic (exact) mass is 278 g/mol. The van der Waals surface area contributed by atoms with Crippen LogP contribution in [0.4, 0.5) is 0 Å². The molecule has 0 heterocycles. The minimum Gasteiger partial charge on any atom is -0.396 e. The fourth-order valence-electron chi connectivity index (χ4n) is 1.69. The van der Waals surface area contributed by atoms with E-state index in [1.54, 1.807) is 12.1 Å². The summed E-state index contributed by atoms with van der Waals surface area (Å²) in [5.41, 5.74) is 1.43. The van der Waals surface area contributed by atoms with Crippen molar-refractivity contribution < 1.29 is 14.7 Å². The summed E-state index contributed by atoms with van der Waals surface area (Å²) in [6, 6.07) is 7.07. The summed E-state index contributed by atoms with van der Waals surface area (Å²) in [6.45, 7) is 5.45. The quantitative estimate of drug-likeness (QED) is 0.722. The van der Waals surface area contributed by atoms with E-state index >= 15 is 0 Å². The first-order chi connectivity index (χ1) is 9.45. The Balaban J connectivity index is 2.45. The van der Waals surface area contributed by atoms with Gasteiger partial charge in [0, 0.05) is 18.2 Å². The van der Waals surface area contributed by atoms with Crippen molar-refractivity contribution in [3.63, 3.8) is 0 Å². The zero-order chi connectivity index (χ0) is 15.1. The smallest absolute Gasteiger partial charge is 0.251 e. The SMILES string of the molecule is Cc1ccccc1C(=O)NCC(=O)NC(C)C(C)CO. The molecule has 1 aromatic carbocycles. The van der Waals surface area contributed by atoms with E-state index in [9.17, 15) is 9.59 Å². The van der Waals surface area contributed by atoms with Crippen LogP contribution >= 0.6 is 0 Å².